The molecule has 0 amide bonds. The first-order valence-corrected chi connectivity index (χ1v) is 8.69. The van der Waals surface area contributed by atoms with Gasteiger partial charge in [0.1, 0.15) is 0 Å². The van der Waals surface area contributed by atoms with Gasteiger partial charge in [-0.15, -0.1) is 0 Å². The molecule has 2 fully saturated rings. The Labute approximate surface area is 128 Å². The topological polar surface area (TPSA) is 15.3 Å². The summed E-state index contributed by atoms with van der Waals surface area (Å²) in [6.45, 7) is 8.07. The summed E-state index contributed by atoms with van der Waals surface area (Å²) in [7, 11) is 0. The van der Waals surface area contributed by atoms with E-state index in [1.165, 1.54) is 43.5 Å². The molecule has 3 atom stereocenters. The third-order valence-electron chi connectivity index (χ3n) is 6.02. The third kappa shape index (κ3) is 2.59. The van der Waals surface area contributed by atoms with Crippen LogP contribution in [0.3, 0.4) is 0 Å². The third-order valence-corrected chi connectivity index (χ3v) is 6.02. The Hall–Kier alpha value is -1.02. The van der Waals surface area contributed by atoms with Gasteiger partial charge in [-0.1, -0.05) is 24.6 Å². The highest BCUT2D eigenvalue weighted by atomic mass is 15.2. The average Bonchev–Trinajstić information content (AvgIpc) is 3.04. The number of fused-ring (bicyclic) bond motifs is 3. The van der Waals surface area contributed by atoms with Gasteiger partial charge in [-0.25, -0.2) is 0 Å². The number of nitrogens with one attached hydrogen (secondary N) is 1. The maximum Gasteiger partial charge on any atom is 0.0412 e. The Morgan fingerprint density at radius 3 is 2.81 bits per heavy atom. The first-order chi connectivity index (χ1) is 10.1. The van der Waals surface area contributed by atoms with Crippen molar-refractivity contribution in [2.75, 3.05) is 18.0 Å². The van der Waals surface area contributed by atoms with Crippen molar-refractivity contribution in [1.82, 2.24) is 5.32 Å². The monoisotopic (exact) mass is 284 g/mol. The van der Waals surface area contributed by atoms with Crippen LogP contribution >= 0.6 is 0 Å². The van der Waals surface area contributed by atoms with Crippen molar-refractivity contribution < 1.29 is 0 Å². The van der Waals surface area contributed by atoms with E-state index in [0.717, 1.165) is 30.8 Å². The molecule has 1 heterocycles. The Kier molecular flexibility index (Phi) is 3.25. The number of hydrogen-bond acceptors (Lipinski definition) is 2. The van der Waals surface area contributed by atoms with E-state index in [2.05, 4.69) is 48.3 Å². The molecule has 0 aromatic heterocycles. The summed E-state index contributed by atoms with van der Waals surface area (Å²) in [5.41, 5.74) is 3.13. The molecule has 114 valence electrons. The second-order valence-electron chi connectivity index (χ2n) is 8.18. The first-order valence-electron chi connectivity index (χ1n) is 8.69. The molecule has 4 rings (SSSR count). The number of nitrogens with zero attached hydrogens (tertiary/aromatic N) is 1. The van der Waals surface area contributed by atoms with E-state index in [4.69, 9.17) is 0 Å². The van der Waals surface area contributed by atoms with E-state index >= 15 is 0 Å². The number of hydrogen-bond donors (Lipinski definition) is 1. The zero-order chi connectivity index (χ0) is 14.4. The number of para-hydroxylation sites is 1. The maximum absolute atomic E-state index is 3.72. The molecule has 3 unspecified atom stereocenters. The summed E-state index contributed by atoms with van der Waals surface area (Å²) in [6.07, 6.45) is 6.00. The fourth-order valence-electron chi connectivity index (χ4n) is 4.97. The summed E-state index contributed by atoms with van der Waals surface area (Å²) in [4.78, 5) is 2.68. The van der Waals surface area contributed by atoms with Crippen LogP contribution in [-0.2, 0) is 6.54 Å². The van der Waals surface area contributed by atoms with Crippen molar-refractivity contribution in [2.45, 2.75) is 51.6 Å². The fourth-order valence-corrected chi connectivity index (χ4v) is 4.97. The minimum atomic E-state index is 0.191. The van der Waals surface area contributed by atoms with Gasteiger partial charge >= 0.3 is 0 Å². The van der Waals surface area contributed by atoms with E-state index in [-0.39, 0.29) is 5.54 Å². The molecule has 2 nitrogen and oxygen atoms in total. The largest absolute Gasteiger partial charge is 0.369 e. The standard InChI is InChI=1S/C19H28N2/c1-19(2)13-21(12-17-10-14-7-8-15(17)9-14)18-6-4-3-5-16(18)11-20-19/h3-6,14-15,17,20H,7-13H2,1-2H3. The highest BCUT2D eigenvalue weighted by molar-refractivity contribution is 5.55. The van der Waals surface area contributed by atoms with Crippen LogP contribution in [0, 0.1) is 17.8 Å². The van der Waals surface area contributed by atoms with Crippen LogP contribution < -0.4 is 10.2 Å². The Bertz CT molecular complexity index is 522. The number of rotatable bonds is 2. The zero-order valence-corrected chi connectivity index (χ0v) is 13.4. The van der Waals surface area contributed by atoms with Crippen LogP contribution in [0.15, 0.2) is 24.3 Å². The normalized spacial score (nSPS) is 33.8. The van der Waals surface area contributed by atoms with Crippen LogP contribution in [0.5, 0.6) is 0 Å². The maximum atomic E-state index is 3.72. The van der Waals surface area contributed by atoms with Gasteiger partial charge in [-0.05, 0) is 62.5 Å². The van der Waals surface area contributed by atoms with Crippen molar-refractivity contribution in [2.24, 2.45) is 17.8 Å². The van der Waals surface area contributed by atoms with Crippen molar-refractivity contribution in [3.63, 3.8) is 0 Å². The van der Waals surface area contributed by atoms with E-state index in [1.807, 2.05) is 0 Å². The van der Waals surface area contributed by atoms with E-state index in [0.29, 0.717) is 0 Å². The van der Waals surface area contributed by atoms with Gasteiger partial charge in [0.25, 0.3) is 0 Å². The minimum absolute atomic E-state index is 0.191. The van der Waals surface area contributed by atoms with Crippen molar-refractivity contribution in [1.29, 1.82) is 0 Å². The second-order valence-corrected chi connectivity index (χ2v) is 8.18. The second kappa shape index (κ2) is 5.01. The quantitative estimate of drug-likeness (QED) is 0.888. The summed E-state index contributed by atoms with van der Waals surface area (Å²) in [6, 6.07) is 8.99. The SMILES string of the molecule is CC1(C)CN(CC2CC3CCC2C3)c2ccccc2CN1. The smallest absolute Gasteiger partial charge is 0.0412 e. The van der Waals surface area contributed by atoms with Gasteiger partial charge < -0.3 is 10.2 Å². The number of anilines is 1. The van der Waals surface area contributed by atoms with E-state index < -0.39 is 0 Å². The zero-order valence-electron chi connectivity index (χ0n) is 13.4. The molecule has 3 aliphatic rings. The molecule has 2 bridgehead atoms. The molecule has 0 saturated heterocycles. The predicted molar refractivity (Wildman–Crippen MR) is 88.5 cm³/mol. The van der Waals surface area contributed by atoms with E-state index in [9.17, 15) is 0 Å². The minimum Gasteiger partial charge on any atom is -0.369 e. The lowest BCUT2D eigenvalue weighted by Crippen LogP contribution is -2.48. The molecule has 0 radical (unpaired) electrons. The molecule has 21 heavy (non-hydrogen) atoms. The molecule has 1 aliphatic heterocycles. The summed E-state index contributed by atoms with van der Waals surface area (Å²) in [5.74, 6) is 3.00. The molecule has 1 aromatic carbocycles. The number of benzene rings is 1. The molecule has 2 heteroatoms. The highest BCUT2D eigenvalue weighted by Crippen LogP contribution is 2.49. The van der Waals surface area contributed by atoms with Crippen molar-refractivity contribution in [3.05, 3.63) is 29.8 Å². The van der Waals surface area contributed by atoms with Crippen molar-refractivity contribution >= 4 is 5.69 Å². The average molecular weight is 284 g/mol. The van der Waals surface area contributed by atoms with Crippen molar-refractivity contribution in [3.8, 4) is 0 Å². The van der Waals surface area contributed by atoms with Crippen LogP contribution in [0.2, 0.25) is 0 Å². The lowest BCUT2D eigenvalue weighted by molar-refractivity contribution is 0.320. The fraction of sp³-hybridized carbons (Fsp3) is 0.684. The highest BCUT2D eigenvalue weighted by Gasteiger charge is 2.40. The Morgan fingerprint density at radius 2 is 2.05 bits per heavy atom. The van der Waals surface area contributed by atoms with Gasteiger partial charge in [0.15, 0.2) is 0 Å². The molecule has 1 N–H and O–H groups in total. The summed E-state index contributed by atoms with van der Waals surface area (Å²) < 4.78 is 0. The van der Waals surface area contributed by atoms with Crippen LogP contribution in [0.1, 0.15) is 45.1 Å². The Morgan fingerprint density at radius 1 is 1.19 bits per heavy atom. The molecular formula is C19H28N2. The predicted octanol–water partition coefficient (Wildman–Crippen LogP) is 3.81. The first kappa shape index (κ1) is 13.6. The van der Waals surface area contributed by atoms with Crippen LogP contribution in [0.4, 0.5) is 5.69 Å². The summed E-state index contributed by atoms with van der Waals surface area (Å²) in [5, 5.41) is 3.72. The van der Waals surface area contributed by atoms with Crippen LogP contribution in [-0.4, -0.2) is 18.6 Å². The van der Waals surface area contributed by atoms with Gasteiger partial charge in [0.2, 0.25) is 0 Å². The van der Waals surface area contributed by atoms with Gasteiger partial charge in [0.05, 0.1) is 0 Å². The molecule has 1 aromatic rings. The molecule has 0 spiro atoms. The molecule has 2 saturated carbocycles. The van der Waals surface area contributed by atoms with Gasteiger partial charge in [-0.2, -0.15) is 0 Å². The lowest BCUT2D eigenvalue weighted by Gasteiger charge is -2.35. The van der Waals surface area contributed by atoms with Gasteiger partial charge in [0, 0.05) is 30.9 Å². The van der Waals surface area contributed by atoms with Crippen LogP contribution in [0.25, 0.3) is 0 Å². The summed E-state index contributed by atoms with van der Waals surface area (Å²) >= 11 is 0. The lowest BCUT2D eigenvalue weighted by atomic mass is 9.88. The Balaban J connectivity index is 1.59. The molecule has 2 aliphatic carbocycles. The molecular weight excluding hydrogens is 256 g/mol. The van der Waals surface area contributed by atoms with E-state index in [1.54, 1.807) is 0 Å². The van der Waals surface area contributed by atoms with Gasteiger partial charge in [-0.3, -0.25) is 0 Å².